The molecule has 1 heterocycles. The minimum absolute atomic E-state index is 0. The van der Waals surface area contributed by atoms with Crippen molar-refractivity contribution < 1.29 is 4.79 Å². The highest BCUT2D eigenvalue weighted by Gasteiger charge is 2.32. The van der Waals surface area contributed by atoms with Gasteiger partial charge in [0.05, 0.1) is 11.4 Å². The van der Waals surface area contributed by atoms with Crippen LogP contribution in [0.3, 0.4) is 0 Å². The molecule has 148 valence electrons. The molecule has 27 heavy (non-hydrogen) atoms. The fourth-order valence-electron chi connectivity index (χ4n) is 4.10. The van der Waals surface area contributed by atoms with Crippen molar-refractivity contribution in [2.24, 2.45) is 11.1 Å². The molecule has 3 rings (SSSR count). The van der Waals surface area contributed by atoms with Gasteiger partial charge in [0, 0.05) is 24.2 Å². The fraction of sp³-hybridized carbons (Fsp3) is 0.524. The topological polar surface area (TPSA) is 72.9 Å². The number of hydrogen-bond donors (Lipinski definition) is 2. The highest BCUT2D eigenvalue weighted by molar-refractivity contribution is 5.85. The van der Waals surface area contributed by atoms with Gasteiger partial charge in [0.1, 0.15) is 0 Å². The number of carbonyl (C=O) groups is 1. The standard InChI is InChI=1S/C21H30N4O.ClH/c1-16-19(17(2)25(24-16)18-9-5-3-6-10-18)14-23-20(26)13-21(15-22)11-7-4-8-12-21;/h3,5-6,9-10H,4,7-8,11-15,22H2,1-2H3,(H,23,26);1H. The predicted octanol–water partition coefficient (Wildman–Crippen LogP) is 3.83. The average molecular weight is 391 g/mol. The number of nitrogens with zero attached hydrogens (tertiary/aromatic N) is 2. The zero-order valence-corrected chi connectivity index (χ0v) is 17.1. The Kier molecular flexibility index (Phi) is 7.45. The van der Waals surface area contributed by atoms with Crippen molar-refractivity contribution in [3.05, 3.63) is 47.3 Å². The van der Waals surface area contributed by atoms with Gasteiger partial charge in [-0.2, -0.15) is 5.10 Å². The summed E-state index contributed by atoms with van der Waals surface area (Å²) >= 11 is 0. The summed E-state index contributed by atoms with van der Waals surface area (Å²) in [6.07, 6.45) is 6.32. The summed E-state index contributed by atoms with van der Waals surface area (Å²) in [5, 5.41) is 7.75. The molecule has 6 heteroatoms. The average Bonchev–Trinajstić information content (AvgIpc) is 2.95. The Balaban J connectivity index is 0.00000261. The summed E-state index contributed by atoms with van der Waals surface area (Å²) in [5.74, 6) is 0.101. The van der Waals surface area contributed by atoms with E-state index < -0.39 is 0 Å². The Morgan fingerprint density at radius 1 is 1.19 bits per heavy atom. The van der Waals surface area contributed by atoms with Crippen molar-refractivity contribution in [3.63, 3.8) is 0 Å². The lowest BCUT2D eigenvalue weighted by atomic mass is 9.71. The van der Waals surface area contributed by atoms with E-state index in [9.17, 15) is 4.79 Å². The summed E-state index contributed by atoms with van der Waals surface area (Å²) in [6, 6.07) is 10.1. The van der Waals surface area contributed by atoms with Gasteiger partial charge in [0.15, 0.2) is 0 Å². The summed E-state index contributed by atoms with van der Waals surface area (Å²) in [6.45, 7) is 5.17. The number of nitrogens with one attached hydrogen (secondary N) is 1. The highest BCUT2D eigenvalue weighted by Crippen LogP contribution is 2.38. The van der Waals surface area contributed by atoms with Crippen molar-refractivity contribution in [2.75, 3.05) is 6.54 Å². The third-order valence-corrected chi connectivity index (χ3v) is 5.79. The molecule has 0 bridgehead atoms. The Morgan fingerprint density at radius 3 is 2.48 bits per heavy atom. The van der Waals surface area contributed by atoms with Crippen molar-refractivity contribution in [1.82, 2.24) is 15.1 Å². The molecule has 0 radical (unpaired) electrons. The van der Waals surface area contributed by atoms with Gasteiger partial charge in [-0.3, -0.25) is 4.79 Å². The third-order valence-electron chi connectivity index (χ3n) is 5.79. The molecule has 1 aromatic carbocycles. The highest BCUT2D eigenvalue weighted by atomic mass is 35.5. The van der Waals surface area contributed by atoms with Crippen LogP contribution in [-0.2, 0) is 11.3 Å². The minimum Gasteiger partial charge on any atom is -0.352 e. The lowest BCUT2D eigenvalue weighted by Gasteiger charge is -2.35. The number of aromatic nitrogens is 2. The third kappa shape index (κ3) is 4.90. The molecule has 0 aliphatic heterocycles. The first-order valence-electron chi connectivity index (χ1n) is 9.62. The number of aryl methyl sites for hydroxylation is 1. The van der Waals surface area contributed by atoms with Crippen molar-refractivity contribution in [2.45, 2.75) is 58.9 Å². The number of carbonyl (C=O) groups excluding carboxylic acids is 1. The van der Waals surface area contributed by atoms with Gasteiger partial charge >= 0.3 is 0 Å². The quantitative estimate of drug-likeness (QED) is 0.787. The SMILES string of the molecule is Cc1nn(-c2ccccc2)c(C)c1CNC(=O)CC1(CN)CCCCC1.Cl. The summed E-state index contributed by atoms with van der Waals surface area (Å²) < 4.78 is 1.94. The van der Waals surface area contributed by atoms with Crippen LogP contribution in [0, 0.1) is 19.3 Å². The molecule has 0 spiro atoms. The molecule has 1 amide bonds. The maximum Gasteiger partial charge on any atom is 0.220 e. The van der Waals surface area contributed by atoms with E-state index >= 15 is 0 Å². The largest absolute Gasteiger partial charge is 0.352 e. The lowest BCUT2D eigenvalue weighted by Crippen LogP contribution is -2.38. The van der Waals surface area contributed by atoms with E-state index in [0.29, 0.717) is 19.5 Å². The van der Waals surface area contributed by atoms with Crippen molar-refractivity contribution in [1.29, 1.82) is 0 Å². The maximum absolute atomic E-state index is 12.6. The van der Waals surface area contributed by atoms with Crippen molar-refractivity contribution >= 4 is 18.3 Å². The van der Waals surface area contributed by atoms with Crippen LogP contribution >= 0.6 is 12.4 Å². The molecule has 1 aromatic heterocycles. The normalized spacial score (nSPS) is 15.8. The van der Waals surface area contributed by atoms with E-state index in [0.717, 1.165) is 35.5 Å². The Bertz CT molecular complexity index is 751. The van der Waals surface area contributed by atoms with E-state index in [1.807, 2.05) is 41.9 Å². The van der Waals surface area contributed by atoms with Crippen LogP contribution in [0.15, 0.2) is 30.3 Å². The fourth-order valence-corrected chi connectivity index (χ4v) is 4.10. The van der Waals surface area contributed by atoms with Gasteiger partial charge in [-0.15, -0.1) is 12.4 Å². The van der Waals surface area contributed by atoms with Crippen molar-refractivity contribution in [3.8, 4) is 5.69 Å². The number of para-hydroxylation sites is 1. The molecule has 1 fully saturated rings. The molecule has 0 unspecified atom stereocenters. The second-order valence-electron chi connectivity index (χ2n) is 7.62. The molecular weight excluding hydrogens is 360 g/mol. The molecule has 3 N–H and O–H groups in total. The number of nitrogens with two attached hydrogens (primary N) is 1. The first-order valence-corrected chi connectivity index (χ1v) is 9.62. The molecule has 0 atom stereocenters. The molecule has 1 saturated carbocycles. The van der Waals surface area contributed by atoms with E-state index in [2.05, 4.69) is 17.3 Å². The Morgan fingerprint density at radius 2 is 1.85 bits per heavy atom. The summed E-state index contributed by atoms with van der Waals surface area (Å²) in [5.41, 5.74) is 10.2. The van der Waals surface area contributed by atoms with Gasteiger partial charge in [-0.1, -0.05) is 37.5 Å². The van der Waals surface area contributed by atoms with Gasteiger partial charge in [-0.25, -0.2) is 4.68 Å². The minimum atomic E-state index is 0. The summed E-state index contributed by atoms with van der Waals surface area (Å²) in [4.78, 5) is 12.6. The predicted molar refractivity (Wildman–Crippen MR) is 111 cm³/mol. The number of halogens is 1. The van der Waals surface area contributed by atoms with E-state index in [1.165, 1.54) is 19.3 Å². The first kappa shape index (κ1) is 21.5. The van der Waals surface area contributed by atoms with Crippen LogP contribution in [-0.4, -0.2) is 22.2 Å². The van der Waals surface area contributed by atoms with Crippen LogP contribution in [0.5, 0.6) is 0 Å². The first-order chi connectivity index (χ1) is 12.5. The van der Waals surface area contributed by atoms with E-state index in [4.69, 9.17) is 5.73 Å². The molecule has 5 nitrogen and oxygen atoms in total. The van der Waals surface area contributed by atoms with Gasteiger partial charge < -0.3 is 11.1 Å². The Hall–Kier alpha value is -1.85. The van der Waals surface area contributed by atoms with Gasteiger partial charge in [0.2, 0.25) is 5.91 Å². The number of amides is 1. The van der Waals surface area contributed by atoms with Gasteiger partial charge in [-0.05, 0) is 50.8 Å². The van der Waals surface area contributed by atoms with Gasteiger partial charge in [0.25, 0.3) is 0 Å². The Labute approximate surface area is 168 Å². The van der Waals surface area contributed by atoms with Crippen LogP contribution in [0.1, 0.15) is 55.5 Å². The van der Waals surface area contributed by atoms with Crippen LogP contribution in [0.2, 0.25) is 0 Å². The number of benzene rings is 1. The second kappa shape index (κ2) is 9.38. The molecule has 2 aromatic rings. The molecule has 0 saturated heterocycles. The van der Waals surface area contributed by atoms with Crippen LogP contribution in [0.25, 0.3) is 5.69 Å². The zero-order chi connectivity index (χ0) is 18.6. The number of hydrogen-bond acceptors (Lipinski definition) is 3. The van der Waals surface area contributed by atoms with Crippen LogP contribution in [0.4, 0.5) is 0 Å². The number of rotatable bonds is 6. The maximum atomic E-state index is 12.6. The summed E-state index contributed by atoms with van der Waals surface area (Å²) in [7, 11) is 0. The van der Waals surface area contributed by atoms with Crippen LogP contribution < -0.4 is 11.1 Å². The smallest absolute Gasteiger partial charge is 0.220 e. The van der Waals surface area contributed by atoms with E-state index in [-0.39, 0.29) is 23.7 Å². The monoisotopic (exact) mass is 390 g/mol. The lowest BCUT2D eigenvalue weighted by molar-refractivity contribution is -0.124. The molecule has 1 aliphatic rings. The molecule has 1 aliphatic carbocycles. The second-order valence-corrected chi connectivity index (χ2v) is 7.62. The zero-order valence-electron chi connectivity index (χ0n) is 16.3. The molecular formula is C21H31ClN4O. The van der Waals surface area contributed by atoms with E-state index in [1.54, 1.807) is 0 Å².